The summed E-state index contributed by atoms with van der Waals surface area (Å²) in [4.78, 5) is 33.9. The highest BCUT2D eigenvalue weighted by Crippen LogP contribution is 2.21. The molecule has 0 fully saturated rings. The minimum Gasteiger partial charge on any atom is -0.452 e. The van der Waals surface area contributed by atoms with Crippen LogP contribution in [0.4, 0.5) is 10.5 Å². The number of rotatable bonds is 6. The van der Waals surface area contributed by atoms with E-state index in [-0.39, 0.29) is 10.5 Å². The highest BCUT2D eigenvalue weighted by Gasteiger charge is 2.20. The topological polar surface area (TPSA) is 145 Å². The molecule has 2 rings (SSSR count). The average Bonchev–Trinajstić information content (AvgIpc) is 2.59. The van der Waals surface area contributed by atoms with Crippen LogP contribution in [-0.2, 0) is 19.6 Å². The van der Waals surface area contributed by atoms with E-state index in [1.54, 1.807) is 30.4 Å². The van der Waals surface area contributed by atoms with Gasteiger partial charge in [0.25, 0.3) is 15.9 Å². The second-order valence-corrected chi connectivity index (χ2v) is 7.59. The van der Waals surface area contributed by atoms with Gasteiger partial charge in [-0.15, -0.1) is 0 Å². The van der Waals surface area contributed by atoms with Crippen molar-refractivity contribution in [1.29, 1.82) is 0 Å². The number of amides is 3. The molecule has 9 nitrogen and oxygen atoms in total. The fourth-order valence-corrected chi connectivity index (χ4v) is 3.64. The quantitative estimate of drug-likeness (QED) is 0.621. The summed E-state index contributed by atoms with van der Waals surface area (Å²) in [5.74, 6) is -1.83. The molecular weight excluding hydrogens is 386 g/mol. The molecule has 148 valence electrons. The fourth-order valence-electron chi connectivity index (χ4n) is 2.32. The third-order valence-corrected chi connectivity index (χ3v) is 5.10. The van der Waals surface area contributed by atoms with E-state index in [4.69, 9.17) is 10.5 Å². The molecule has 0 aliphatic heterocycles. The lowest BCUT2D eigenvalue weighted by molar-refractivity contribution is -0.123. The summed E-state index contributed by atoms with van der Waals surface area (Å²) >= 11 is 0. The molecule has 0 unspecified atom stereocenters. The number of nitrogens with one attached hydrogen (secondary N) is 2. The number of ether oxygens (including phenoxy) is 1. The molecular formula is C18H19N3O6S. The fraction of sp³-hybridized carbons (Fsp3) is 0.167. The summed E-state index contributed by atoms with van der Waals surface area (Å²) < 4.78 is 32.7. The predicted octanol–water partition coefficient (Wildman–Crippen LogP) is 1.46. The van der Waals surface area contributed by atoms with Gasteiger partial charge in [-0.1, -0.05) is 18.2 Å². The van der Waals surface area contributed by atoms with Crippen molar-refractivity contribution < 1.29 is 27.5 Å². The molecule has 10 heteroatoms. The molecule has 0 radical (unpaired) electrons. The molecule has 0 aliphatic carbocycles. The van der Waals surface area contributed by atoms with Crippen LogP contribution in [-0.4, -0.2) is 32.9 Å². The Labute approximate surface area is 161 Å². The number of anilines is 1. The van der Waals surface area contributed by atoms with Gasteiger partial charge in [0.15, 0.2) is 6.61 Å². The Kier molecular flexibility index (Phi) is 6.37. The molecule has 0 heterocycles. The third-order valence-electron chi connectivity index (χ3n) is 3.58. The SMILES string of the molecule is Cc1cccc(NS(=O)(=O)c2cc(C(=O)OCC(=O)NC(N)=O)ccc2C)c1. The molecule has 2 aromatic carbocycles. The van der Waals surface area contributed by atoms with Gasteiger partial charge in [-0.3, -0.25) is 14.8 Å². The molecule has 28 heavy (non-hydrogen) atoms. The molecule has 0 atom stereocenters. The lowest BCUT2D eigenvalue weighted by atomic mass is 10.1. The first-order valence-electron chi connectivity index (χ1n) is 8.05. The molecule has 0 saturated carbocycles. The van der Waals surface area contributed by atoms with Crippen LogP contribution in [0.1, 0.15) is 21.5 Å². The number of primary amides is 1. The number of benzene rings is 2. The van der Waals surface area contributed by atoms with Crippen molar-refractivity contribution in [3.8, 4) is 0 Å². The zero-order valence-corrected chi connectivity index (χ0v) is 16.0. The van der Waals surface area contributed by atoms with E-state index in [0.29, 0.717) is 11.3 Å². The first-order valence-corrected chi connectivity index (χ1v) is 9.53. The normalized spacial score (nSPS) is 10.8. The summed E-state index contributed by atoms with van der Waals surface area (Å²) in [7, 11) is -3.96. The Bertz CT molecular complexity index is 1030. The summed E-state index contributed by atoms with van der Waals surface area (Å²) in [6.07, 6.45) is 0. The van der Waals surface area contributed by atoms with E-state index in [1.807, 2.05) is 13.0 Å². The molecule has 0 spiro atoms. The molecule has 3 amide bonds. The number of nitrogens with two attached hydrogens (primary N) is 1. The maximum Gasteiger partial charge on any atom is 0.338 e. The maximum absolute atomic E-state index is 12.7. The standard InChI is InChI=1S/C18H19N3O6S/c1-11-4-3-5-14(8-11)21-28(25,26)15-9-13(7-6-12(15)2)17(23)27-10-16(22)20-18(19)24/h3-9,21H,10H2,1-2H3,(H3,19,20,22,24). The molecule has 0 aromatic heterocycles. The third kappa shape index (κ3) is 5.55. The Hall–Kier alpha value is -3.40. The van der Waals surface area contributed by atoms with Crippen molar-refractivity contribution in [2.24, 2.45) is 5.73 Å². The van der Waals surface area contributed by atoms with Crippen LogP contribution in [0.15, 0.2) is 47.4 Å². The van der Waals surface area contributed by atoms with Gasteiger partial charge in [0.1, 0.15) is 0 Å². The van der Waals surface area contributed by atoms with E-state index in [9.17, 15) is 22.8 Å². The highest BCUT2D eigenvalue weighted by atomic mass is 32.2. The minimum absolute atomic E-state index is 0.0675. The Morgan fingerprint density at radius 3 is 2.43 bits per heavy atom. The molecule has 0 aliphatic rings. The van der Waals surface area contributed by atoms with Crippen LogP contribution in [0, 0.1) is 13.8 Å². The summed E-state index contributed by atoms with van der Waals surface area (Å²) in [5, 5.41) is 1.74. The van der Waals surface area contributed by atoms with Crippen molar-refractivity contribution in [2.75, 3.05) is 11.3 Å². The van der Waals surface area contributed by atoms with Crippen molar-refractivity contribution >= 4 is 33.6 Å². The number of carbonyl (C=O) groups excluding carboxylic acids is 3. The van der Waals surface area contributed by atoms with E-state index < -0.39 is 34.5 Å². The number of sulfonamides is 1. The number of imide groups is 1. The Balaban J connectivity index is 2.21. The van der Waals surface area contributed by atoms with Crippen LogP contribution < -0.4 is 15.8 Å². The smallest absolute Gasteiger partial charge is 0.338 e. The monoisotopic (exact) mass is 405 g/mol. The highest BCUT2D eigenvalue weighted by molar-refractivity contribution is 7.92. The second-order valence-electron chi connectivity index (χ2n) is 5.94. The van der Waals surface area contributed by atoms with E-state index in [1.165, 1.54) is 12.1 Å². The summed E-state index contributed by atoms with van der Waals surface area (Å²) in [6, 6.07) is 9.71. The lowest BCUT2D eigenvalue weighted by Gasteiger charge is -2.12. The van der Waals surface area contributed by atoms with Gasteiger partial charge in [-0.2, -0.15) is 0 Å². The maximum atomic E-state index is 12.7. The molecule has 4 N–H and O–H groups in total. The zero-order chi connectivity index (χ0) is 20.9. The van der Waals surface area contributed by atoms with Crippen molar-refractivity contribution in [3.63, 3.8) is 0 Å². The van der Waals surface area contributed by atoms with Crippen LogP contribution in [0.2, 0.25) is 0 Å². The van der Waals surface area contributed by atoms with Crippen LogP contribution in [0.25, 0.3) is 0 Å². The summed E-state index contributed by atoms with van der Waals surface area (Å²) in [5.41, 5.74) is 6.40. The number of urea groups is 1. The van der Waals surface area contributed by atoms with Gasteiger partial charge in [-0.05, 0) is 49.2 Å². The minimum atomic E-state index is -3.96. The van der Waals surface area contributed by atoms with Crippen molar-refractivity contribution in [1.82, 2.24) is 5.32 Å². The van der Waals surface area contributed by atoms with E-state index >= 15 is 0 Å². The number of esters is 1. The van der Waals surface area contributed by atoms with Gasteiger partial charge in [0.05, 0.1) is 10.5 Å². The van der Waals surface area contributed by atoms with Gasteiger partial charge in [0, 0.05) is 5.69 Å². The van der Waals surface area contributed by atoms with Crippen LogP contribution in [0.5, 0.6) is 0 Å². The van der Waals surface area contributed by atoms with Crippen molar-refractivity contribution in [3.05, 3.63) is 59.2 Å². The second kappa shape index (κ2) is 8.53. The van der Waals surface area contributed by atoms with Gasteiger partial charge < -0.3 is 10.5 Å². The first kappa shape index (κ1) is 20.9. The van der Waals surface area contributed by atoms with Crippen LogP contribution in [0.3, 0.4) is 0 Å². The Morgan fingerprint density at radius 2 is 1.79 bits per heavy atom. The summed E-state index contributed by atoms with van der Waals surface area (Å²) in [6.45, 7) is 2.67. The van der Waals surface area contributed by atoms with Gasteiger partial charge in [-0.25, -0.2) is 18.0 Å². The van der Waals surface area contributed by atoms with Gasteiger partial charge in [0.2, 0.25) is 0 Å². The van der Waals surface area contributed by atoms with E-state index in [2.05, 4.69) is 4.72 Å². The molecule has 0 bridgehead atoms. The first-order chi connectivity index (χ1) is 13.1. The largest absolute Gasteiger partial charge is 0.452 e. The lowest BCUT2D eigenvalue weighted by Crippen LogP contribution is -2.37. The number of hydrogen-bond donors (Lipinski definition) is 3. The van der Waals surface area contributed by atoms with Crippen molar-refractivity contribution in [2.45, 2.75) is 18.7 Å². The zero-order valence-electron chi connectivity index (χ0n) is 15.2. The average molecular weight is 405 g/mol. The van der Waals surface area contributed by atoms with E-state index in [0.717, 1.165) is 11.6 Å². The molecule has 0 saturated heterocycles. The number of carbonyl (C=O) groups is 3. The molecule has 2 aromatic rings. The van der Waals surface area contributed by atoms with Crippen LogP contribution >= 0.6 is 0 Å². The Morgan fingerprint density at radius 1 is 1.07 bits per heavy atom. The van der Waals surface area contributed by atoms with Gasteiger partial charge >= 0.3 is 12.0 Å². The number of hydrogen-bond acceptors (Lipinski definition) is 6. The predicted molar refractivity (Wildman–Crippen MR) is 101 cm³/mol. The number of aryl methyl sites for hydroxylation is 2.